The highest BCUT2D eigenvalue weighted by Crippen LogP contribution is 2.22. The summed E-state index contributed by atoms with van der Waals surface area (Å²) in [5.74, 6) is 0.961. The number of aromatic nitrogens is 1. The molecule has 18 heavy (non-hydrogen) atoms. The molecule has 0 amide bonds. The van der Waals surface area contributed by atoms with Crippen LogP contribution in [-0.4, -0.2) is 30.0 Å². The first kappa shape index (κ1) is 13.3. The van der Waals surface area contributed by atoms with Crippen molar-refractivity contribution in [3.05, 3.63) is 24.0 Å². The average molecular weight is 247 g/mol. The Hall–Kier alpha value is -1.09. The van der Waals surface area contributed by atoms with Crippen molar-refractivity contribution in [2.24, 2.45) is 5.92 Å². The van der Waals surface area contributed by atoms with Crippen molar-refractivity contribution in [2.45, 2.75) is 39.2 Å². The zero-order valence-corrected chi connectivity index (χ0v) is 11.7. The first-order chi connectivity index (χ1) is 8.81. The Kier molecular flexibility index (Phi) is 5.00. The quantitative estimate of drug-likeness (QED) is 0.866. The molecule has 0 aliphatic carbocycles. The van der Waals surface area contributed by atoms with Crippen LogP contribution in [0.2, 0.25) is 0 Å². The smallest absolute Gasteiger partial charge is 0.0564 e. The van der Waals surface area contributed by atoms with Crippen LogP contribution in [-0.2, 0) is 6.54 Å². The lowest BCUT2D eigenvalue weighted by Crippen LogP contribution is -2.33. The highest BCUT2D eigenvalue weighted by atomic mass is 15.1. The predicted octanol–water partition coefficient (Wildman–Crippen LogP) is 3.14. The molecular weight excluding hydrogens is 222 g/mol. The molecule has 1 aliphatic rings. The SMILES string of the molecule is CCCC1CCN(Cc2cc(NC)ccn2)CC1. The summed E-state index contributed by atoms with van der Waals surface area (Å²) in [5, 5.41) is 3.17. The van der Waals surface area contributed by atoms with Gasteiger partial charge in [-0.1, -0.05) is 19.8 Å². The van der Waals surface area contributed by atoms with Crippen LogP contribution in [0.1, 0.15) is 38.3 Å². The zero-order chi connectivity index (χ0) is 12.8. The monoisotopic (exact) mass is 247 g/mol. The van der Waals surface area contributed by atoms with E-state index in [0.29, 0.717) is 0 Å². The van der Waals surface area contributed by atoms with E-state index < -0.39 is 0 Å². The van der Waals surface area contributed by atoms with E-state index in [4.69, 9.17) is 0 Å². The number of rotatable bonds is 5. The van der Waals surface area contributed by atoms with Gasteiger partial charge < -0.3 is 5.32 Å². The van der Waals surface area contributed by atoms with Gasteiger partial charge in [-0.25, -0.2) is 0 Å². The van der Waals surface area contributed by atoms with Crippen LogP contribution in [0.5, 0.6) is 0 Å². The van der Waals surface area contributed by atoms with Gasteiger partial charge in [-0.05, 0) is 44.0 Å². The summed E-state index contributed by atoms with van der Waals surface area (Å²) < 4.78 is 0. The normalized spacial score (nSPS) is 17.9. The molecule has 0 unspecified atom stereocenters. The van der Waals surface area contributed by atoms with Gasteiger partial charge in [0.2, 0.25) is 0 Å². The Balaban J connectivity index is 1.83. The molecule has 3 heteroatoms. The van der Waals surface area contributed by atoms with Gasteiger partial charge in [0.15, 0.2) is 0 Å². The highest BCUT2D eigenvalue weighted by molar-refractivity contribution is 5.42. The molecular formula is C15H25N3. The van der Waals surface area contributed by atoms with E-state index in [1.54, 1.807) is 0 Å². The van der Waals surface area contributed by atoms with Gasteiger partial charge >= 0.3 is 0 Å². The van der Waals surface area contributed by atoms with Crippen molar-refractivity contribution in [3.8, 4) is 0 Å². The second-order valence-corrected chi connectivity index (χ2v) is 5.29. The number of anilines is 1. The van der Waals surface area contributed by atoms with Crippen molar-refractivity contribution in [1.82, 2.24) is 9.88 Å². The second kappa shape index (κ2) is 6.74. The van der Waals surface area contributed by atoms with E-state index in [-0.39, 0.29) is 0 Å². The lowest BCUT2D eigenvalue weighted by molar-refractivity contribution is 0.170. The van der Waals surface area contributed by atoms with Gasteiger partial charge in [0, 0.05) is 25.5 Å². The maximum Gasteiger partial charge on any atom is 0.0564 e. The Morgan fingerprint density at radius 3 is 2.83 bits per heavy atom. The Morgan fingerprint density at radius 1 is 1.39 bits per heavy atom. The number of hydrogen-bond donors (Lipinski definition) is 1. The minimum Gasteiger partial charge on any atom is -0.388 e. The van der Waals surface area contributed by atoms with Crippen LogP contribution in [0.4, 0.5) is 5.69 Å². The molecule has 100 valence electrons. The molecule has 0 bridgehead atoms. The van der Waals surface area contributed by atoms with Crippen LogP contribution in [0, 0.1) is 5.92 Å². The van der Waals surface area contributed by atoms with Crippen LogP contribution >= 0.6 is 0 Å². The van der Waals surface area contributed by atoms with Crippen LogP contribution in [0.15, 0.2) is 18.3 Å². The van der Waals surface area contributed by atoms with Gasteiger partial charge in [-0.15, -0.1) is 0 Å². The number of piperidine rings is 1. The largest absolute Gasteiger partial charge is 0.388 e. The van der Waals surface area contributed by atoms with Crippen molar-refractivity contribution < 1.29 is 0 Å². The minimum absolute atomic E-state index is 0.961. The fourth-order valence-electron chi connectivity index (χ4n) is 2.79. The van der Waals surface area contributed by atoms with Gasteiger partial charge in [-0.3, -0.25) is 9.88 Å². The molecule has 2 rings (SSSR count). The maximum absolute atomic E-state index is 4.46. The summed E-state index contributed by atoms with van der Waals surface area (Å²) in [6.45, 7) is 5.75. The standard InChI is InChI=1S/C15H25N3/c1-3-4-13-6-9-18(10-7-13)12-15-11-14(16-2)5-8-17-15/h5,8,11,13H,3-4,6-7,9-10,12H2,1-2H3,(H,16,17). The number of nitrogens with one attached hydrogen (secondary N) is 1. The summed E-state index contributed by atoms with van der Waals surface area (Å²) >= 11 is 0. The lowest BCUT2D eigenvalue weighted by atomic mass is 9.92. The molecule has 1 fully saturated rings. The highest BCUT2D eigenvalue weighted by Gasteiger charge is 2.18. The summed E-state index contributed by atoms with van der Waals surface area (Å²) in [6, 6.07) is 4.16. The third-order valence-corrected chi connectivity index (χ3v) is 3.89. The van der Waals surface area contributed by atoms with E-state index in [2.05, 4.69) is 28.2 Å². The van der Waals surface area contributed by atoms with Gasteiger partial charge in [0.1, 0.15) is 0 Å². The van der Waals surface area contributed by atoms with Gasteiger partial charge in [-0.2, -0.15) is 0 Å². The van der Waals surface area contributed by atoms with Crippen LogP contribution in [0.3, 0.4) is 0 Å². The molecule has 0 atom stereocenters. The molecule has 0 saturated carbocycles. The predicted molar refractivity (Wildman–Crippen MR) is 76.7 cm³/mol. The third kappa shape index (κ3) is 3.70. The minimum atomic E-state index is 0.961. The van der Waals surface area contributed by atoms with Crippen molar-refractivity contribution in [1.29, 1.82) is 0 Å². The fraction of sp³-hybridized carbons (Fsp3) is 0.667. The summed E-state index contributed by atoms with van der Waals surface area (Å²) in [5.41, 5.74) is 2.33. The van der Waals surface area contributed by atoms with E-state index in [1.165, 1.54) is 44.5 Å². The van der Waals surface area contributed by atoms with Gasteiger partial charge in [0.05, 0.1) is 5.69 Å². The lowest BCUT2D eigenvalue weighted by Gasteiger charge is -2.31. The number of likely N-dealkylation sites (tertiary alicyclic amines) is 1. The molecule has 0 radical (unpaired) electrons. The Bertz CT molecular complexity index is 357. The molecule has 0 aromatic carbocycles. The third-order valence-electron chi connectivity index (χ3n) is 3.89. The number of hydrogen-bond acceptors (Lipinski definition) is 3. The van der Waals surface area contributed by atoms with Crippen molar-refractivity contribution in [3.63, 3.8) is 0 Å². The molecule has 1 aromatic rings. The topological polar surface area (TPSA) is 28.2 Å². The number of nitrogens with zero attached hydrogens (tertiary/aromatic N) is 2. The van der Waals surface area contributed by atoms with Crippen molar-refractivity contribution in [2.75, 3.05) is 25.5 Å². The van der Waals surface area contributed by atoms with Crippen molar-refractivity contribution >= 4 is 5.69 Å². The van der Waals surface area contributed by atoms with Crippen LogP contribution < -0.4 is 5.32 Å². The Labute approximate surface area is 111 Å². The molecule has 2 heterocycles. The zero-order valence-electron chi connectivity index (χ0n) is 11.7. The van der Waals surface area contributed by atoms with E-state index in [0.717, 1.165) is 18.2 Å². The Morgan fingerprint density at radius 2 is 2.17 bits per heavy atom. The van der Waals surface area contributed by atoms with E-state index in [9.17, 15) is 0 Å². The molecule has 1 aliphatic heterocycles. The van der Waals surface area contributed by atoms with E-state index >= 15 is 0 Å². The number of pyridine rings is 1. The first-order valence-corrected chi connectivity index (χ1v) is 7.17. The summed E-state index contributed by atoms with van der Waals surface area (Å²) in [6.07, 6.45) is 7.35. The maximum atomic E-state index is 4.46. The molecule has 3 nitrogen and oxygen atoms in total. The van der Waals surface area contributed by atoms with Crippen LogP contribution in [0.25, 0.3) is 0 Å². The second-order valence-electron chi connectivity index (χ2n) is 5.29. The summed E-state index contributed by atoms with van der Waals surface area (Å²) in [7, 11) is 1.95. The van der Waals surface area contributed by atoms with Gasteiger partial charge in [0.25, 0.3) is 0 Å². The first-order valence-electron chi connectivity index (χ1n) is 7.17. The molecule has 1 saturated heterocycles. The average Bonchev–Trinajstić information content (AvgIpc) is 2.42. The summed E-state index contributed by atoms with van der Waals surface area (Å²) in [4.78, 5) is 6.99. The molecule has 1 N–H and O–H groups in total. The molecule has 0 spiro atoms. The fourth-order valence-corrected chi connectivity index (χ4v) is 2.79. The van der Waals surface area contributed by atoms with E-state index in [1.807, 2.05) is 19.3 Å². The molecule has 1 aromatic heterocycles.